The predicted molar refractivity (Wildman–Crippen MR) is 81.7 cm³/mol. The van der Waals surface area contributed by atoms with Crippen LogP contribution in [0.4, 0.5) is 4.79 Å². The van der Waals surface area contributed by atoms with Gasteiger partial charge in [-0.25, -0.2) is 4.79 Å². The summed E-state index contributed by atoms with van der Waals surface area (Å²) in [5, 5.41) is 36.3. The van der Waals surface area contributed by atoms with Gasteiger partial charge in [0.2, 0.25) is 0 Å². The second-order valence-electron chi connectivity index (χ2n) is 6.04. The average molecular weight is 336 g/mol. The lowest BCUT2D eigenvalue weighted by Gasteiger charge is -2.36. The summed E-state index contributed by atoms with van der Waals surface area (Å²) in [6, 6.07) is 0. The lowest BCUT2D eigenvalue weighted by Crippen LogP contribution is -2.49. The molecule has 1 heterocycles. The zero-order chi connectivity index (χ0) is 17.1. The van der Waals surface area contributed by atoms with Crippen LogP contribution in [0.5, 0.6) is 0 Å². The van der Waals surface area contributed by atoms with Crippen LogP contribution in [0.1, 0.15) is 27.2 Å². The van der Waals surface area contributed by atoms with E-state index in [1.54, 1.807) is 20.8 Å². The third kappa shape index (κ3) is 5.40. The van der Waals surface area contributed by atoms with Crippen LogP contribution in [-0.2, 0) is 9.47 Å². The Kier molecular flexibility index (Phi) is 6.63. The first-order valence-corrected chi connectivity index (χ1v) is 7.77. The fourth-order valence-electron chi connectivity index (χ4n) is 1.76. The first-order chi connectivity index (χ1) is 10.0. The van der Waals surface area contributed by atoms with Crippen molar-refractivity contribution in [1.29, 1.82) is 5.41 Å². The normalized spacial score (nSPS) is 29.0. The zero-order valence-electron chi connectivity index (χ0n) is 13.1. The molecule has 0 radical (unpaired) electrons. The first-order valence-electron chi connectivity index (χ1n) is 6.89. The summed E-state index contributed by atoms with van der Waals surface area (Å²) in [5.74, 6) is 0. The molecule has 0 aromatic rings. The van der Waals surface area contributed by atoms with Crippen molar-refractivity contribution < 1.29 is 29.6 Å². The molecule has 1 rings (SSSR count). The molecule has 22 heavy (non-hydrogen) atoms. The van der Waals surface area contributed by atoms with Gasteiger partial charge in [-0.05, 0) is 20.8 Å². The van der Waals surface area contributed by atoms with Crippen LogP contribution in [0.3, 0.4) is 0 Å². The molecule has 0 aliphatic carbocycles. The number of ether oxygens (including phenoxy) is 2. The molecule has 9 heteroatoms. The van der Waals surface area contributed by atoms with Gasteiger partial charge >= 0.3 is 6.09 Å². The van der Waals surface area contributed by atoms with Crippen LogP contribution in [0, 0.1) is 5.41 Å². The van der Waals surface area contributed by atoms with E-state index in [2.05, 4.69) is 0 Å². The van der Waals surface area contributed by atoms with Crippen LogP contribution in [-0.4, -0.2) is 74.5 Å². The molecule has 0 aromatic carbocycles. The van der Waals surface area contributed by atoms with Crippen molar-refractivity contribution in [2.45, 2.75) is 56.5 Å². The van der Waals surface area contributed by atoms with E-state index >= 15 is 0 Å². The maximum absolute atomic E-state index is 11.9. The van der Waals surface area contributed by atoms with Gasteiger partial charge in [-0.3, -0.25) is 10.3 Å². The highest BCUT2D eigenvalue weighted by Crippen LogP contribution is 2.29. The Morgan fingerprint density at radius 1 is 1.45 bits per heavy atom. The Hall–Kier alpha value is -0.870. The number of hydrogen-bond acceptors (Lipinski definition) is 8. The summed E-state index contributed by atoms with van der Waals surface area (Å²) in [6.07, 6.45) is -3.71. The van der Waals surface area contributed by atoms with Crippen LogP contribution >= 0.6 is 11.8 Å². The predicted octanol–water partition coefficient (Wildman–Crippen LogP) is 0.350. The Morgan fingerprint density at radius 3 is 2.55 bits per heavy atom. The monoisotopic (exact) mass is 336 g/mol. The molecule has 0 aromatic heterocycles. The number of aliphatic hydroxyl groups is 3. The number of aliphatic hydroxyl groups excluding tert-OH is 3. The number of nitrogens with one attached hydrogen (secondary N) is 1. The van der Waals surface area contributed by atoms with Crippen molar-refractivity contribution >= 4 is 23.0 Å². The summed E-state index contributed by atoms with van der Waals surface area (Å²) in [6.45, 7) is 4.74. The summed E-state index contributed by atoms with van der Waals surface area (Å²) in [4.78, 5) is 12.9. The van der Waals surface area contributed by atoms with Gasteiger partial charge in [0, 0.05) is 13.5 Å². The molecule has 0 spiro atoms. The fraction of sp³-hybridized carbons (Fsp3) is 0.846. The molecular weight excluding hydrogens is 312 g/mol. The molecule has 0 bridgehead atoms. The third-order valence-corrected chi connectivity index (χ3v) is 3.99. The molecule has 1 aliphatic rings. The van der Waals surface area contributed by atoms with Gasteiger partial charge in [0.05, 0.1) is 12.7 Å². The Labute approximate surface area is 133 Å². The highest BCUT2D eigenvalue weighted by molar-refractivity contribution is 8.14. The molecular formula is C13H24N2O6S. The highest BCUT2D eigenvalue weighted by atomic mass is 32.2. The van der Waals surface area contributed by atoms with E-state index in [4.69, 9.17) is 20.0 Å². The summed E-state index contributed by atoms with van der Waals surface area (Å²) >= 11 is 0.912. The largest absolute Gasteiger partial charge is 0.443 e. The second kappa shape index (κ2) is 7.60. The van der Waals surface area contributed by atoms with E-state index in [0.717, 1.165) is 16.7 Å². The minimum atomic E-state index is -1.17. The smallest absolute Gasteiger partial charge is 0.416 e. The second-order valence-corrected chi connectivity index (χ2v) is 7.19. The quantitative estimate of drug-likeness (QED) is 0.424. The van der Waals surface area contributed by atoms with Crippen LogP contribution in [0.25, 0.3) is 0 Å². The van der Waals surface area contributed by atoms with Gasteiger partial charge in [-0.1, -0.05) is 11.8 Å². The van der Waals surface area contributed by atoms with E-state index in [-0.39, 0.29) is 11.6 Å². The van der Waals surface area contributed by atoms with Gasteiger partial charge in [0.25, 0.3) is 0 Å². The van der Waals surface area contributed by atoms with Gasteiger partial charge in [-0.2, -0.15) is 0 Å². The average Bonchev–Trinajstić information content (AvgIpc) is 2.39. The van der Waals surface area contributed by atoms with E-state index in [0.29, 0.717) is 0 Å². The molecule has 1 amide bonds. The number of amides is 1. The SMILES string of the molecule is CN(C(=N)S[C@@H]1C[C@@H](O)[C@H](O)[C@@H](CO)O1)C(=O)OC(C)(C)C. The van der Waals surface area contributed by atoms with Crippen LogP contribution in [0.15, 0.2) is 0 Å². The van der Waals surface area contributed by atoms with E-state index in [1.165, 1.54) is 7.05 Å². The summed E-state index contributed by atoms with van der Waals surface area (Å²) in [5.41, 5.74) is -1.31. The molecule has 1 saturated heterocycles. The van der Waals surface area contributed by atoms with E-state index < -0.39 is 42.0 Å². The van der Waals surface area contributed by atoms with Crippen molar-refractivity contribution in [3.63, 3.8) is 0 Å². The van der Waals surface area contributed by atoms with Gasteiger partial charge in [0.1, 0.15) is 23.2 Å². The Bertz CT molecular complexity index is 414. The van der Waals surface area contributed by atoms with Gasteiger partial charge in [0.15, 0.2) is 5.17 Å². The summed E-state index contributed by atoms with van der Waals surface area (Å²) in [7, 11) is 1.40. The molecule has 0 saturated carbocycles. The van der Waals surface area contributed by atoms with Crippen molar-refractivity contribution in [2.24, 2.45) is 0 Å². The topological polar surface area (TPSA) is 123 Å². The van der Waals surface area contributed by atoms with Crippen molar-refractivity contribution in [2.75, 3.05) is 13.7 Å². The maximum Gasteiger partial charge on any atom is 0.416 e. The van der Waals surface area contributed by atoms with Gasteiger partial charge in [-0.15, -0.1) is 0 Å². The number of carbonyl (C=O) groups is 1. The lowest BCUT2D eigenvalue weighted by molar-refractivity contribution is -0.156. The van der Waals surface area contributed by atoms with Gasteiger partial charge < -0.3 is 24.8 Å². The fourth-order valence-corrected chi connectivity index (χ4v) is 2.73. The molecule has 1 fully saturated rings. The first kappa shape index (κ1) is 19.2. The van der Waals surface area contributed by atoms with E-state index in [9.17, 15) is 15.0 Å². The van der Waals surface area contributed by atoms with E-state index in [1.807, 2.05) is 0 Å². The van der Waals surface area contributed by atoms with Crippen LogP contribution < -0.4 is 0 Å². The zero-order valence-corrected chi connectivity index (χ0v) is 14.0. The number of nitrogens with zero attached hydrogens (tertiary/aromatic N) is 1. The van der Waals surface area contributed by atoms with Crippen LogP contribution in [0.2, 0.25) is 0 Å². The maximum atomic E-state index is 11.9. The number of rotatable bonds is 2. The standard InChI is InChI=1S/C13H24N2O6S/c1-13(2,3)21-12(19)15(4)11(14)22-9-5-7(17)10(18)8(6-16)20-9/h7-10,14,16-18H,5-6H2,1-4H3/t7-,8-,9-,10+/m1/s1. The molecule has 128 valence electrons. The number of carbonyl (C=O) groups excluding carboxylic acids is 1. The minimum Gasteiger partial charge on any atom is -0.443 e. The minimum absolute atomic E-state index is 0.0902. The molecule has 4 N–H and O–H groups in total. The molecule has 0 unspecified atom stereocenters. The van der Waals surface area contributed by atoms with Crippen molar-refractivity contribution in [3.8, 4) is 0 Å². The Balaban J connectivity index is 2.59. The molecule has 4 atom stereocenters. The molecule has 8 nitrogen and oxygen atoms in total. The van der Waals surface area contributed by atoms with Crippen molar-refractivity contribution in [1.82, 2.24) is 4.90 Å². The Morgan fingerprint density at radius 2 is 2.05 bits per heavy atom. The number of thioether (sulfide) groups is 1. The lowest BCUT2D eigenvalue weighted by atomic mass is 10.0. The molecule has 1 aliphatic heterocycles. The number of amidine groups is 1. The third-order valence-electron chi connectivity index (χ3n) is 2.93. The highest BCUT2D eigenvalue weighted by Gasteiger charge is 2.37. The summed E-state index contributed by atoms with van der Waals surface area (Å²) < 4.78 is 10.6. The van der Waals surface area contributed by atoms with Crippen molar-refractivity contribution in [3.05, 3.63) is 0 Å². The number of hydrogen-bond donors (Lipinski definition) is 4.